The predicted molar refractivity (Wildman–Crippen MR) is 76.5 cm³/mol. The van der Waals surface area contributed by atoms with Crippen LogP contribution in [0.4, 0.5) is 0 Å². The van der Waals surface area contributed by atoms with Gasteiger partial charge < -0.3 is 10.1 Å². The van der Waals surface area contributed by atoms with Crippen LogP contribution in [-0.2, 0) is 11.3 Å². The van der Waals surface area contributed by atoms with E-state index in [-0.39, 0.29) is 6.42 Å². The highest BCUT2D eigenvalue weighted by Crippen LogP contribution is 2.23. The molecule has 4 nitrogen and oxygen atoms in total. The number of rotatable bonds is 6. The number of aliphatic carboxylic acids is 1. The summed E-state index contributed by atoms with van der Waals surface area (Å²) >= 11 is 5.95. The first-order valence-electron chi connectivity index (χ1n) is 6.29. The molecule has 0 atom stereocenters. The number of H-pyrrole nitrogens is 1. The molecule has 0 fully saturated rings. The van der Waals surface area contributed by atoms with Crippen LogP contribution in [0.3, 0.4) is 0 Å². The van der Waals surface area contributed by atoms with Crippen molar-refractivity contribution in [1.82, 2.24) is 9.88 Å². The van der Waals surface area contributed by atoms with Gasteiger partial charge in [-0.25, -0.2) is 0 Å². The number of carboxylic acid groups (broad SMARTS) is 1. The van der Waals surface area contributed by atoms with E-state index in [0.717, 1.165) is 24.0 Å². The van der Waals surface area contributed by atoms with Crippen LogP contribution in [0, 0.1) is 0 Å². The molecule has 2 aromatic rings. The van der Waals surface area contributed by atoms with Crippen LogP contribution in [-0.4, -0.2) is 34.0 Å². The molecular weight excluding hydrogens is 264 g/mol. The number of halogens is 1. The van der Waals surface area contributed by atoms with Crippen molar-refractivity contribution in [2.24, 2.45) is 0 Å². The van der Waals surface area contributed by atoms with Crippen molar-refractivity contribution in [3.05, 3.63) is 35.0 Å². The summed E-state index contributed by atoms with van der Waals surface area (Å²) in [5.74, 6) is -0.760. The summed E-state index contributed by atoms with van der Waals surface area (Å²) in [6.45, 7) is 4.17. The van der Waals surface area contributed by atoms with Crippen molar-refractivity contribution in [1.29, 1.82) is 0 Å². The fourth-order valence-electron chi connectivity index (χ4n) is 2.13. The molecule has 0 aliphatic carbocycles. The van der Waals surface area contributed by atoms with Crippen LogP contribution in [0.15, 0.2) is 24.4 Å². The van der Waals surface area contributed by atoms with E-state index in [9.17, 15) is 4.79 Å². The van der Waals surface area contributed by atoms with Crippen LogP contribution in [0.25, 0.3) is 10.9 Å². The first-order valence-corrected chi connectivity index (χ1v) is 6.67. The lowest BCUT2D eigenvalue weighted by atomic mass is 10.1. The third kappa shape index (κ3) is 3.49. The Morgan fingerprint density at radius 3 is 2.95 bits per heavy atom. The van der Waals surface area contributed by atoms with E-state index in [0.29, 0.717) is 11.6 Å². The Balaban J connectivity index is 2.13. The third-order valence-corrected chi connectivity index (χ3v) is 3.45. The van der Waals surface area contributed by atoms with Gasteiger partial charge in [0.25, 0.3) is 0 Å². The molecule has 0 spiro atoms. The maximum Gasteiger partial charge on any atom is 0.304 e. The number of fused-ring (bicyclic) bond motifs is 1. The quantitative estimate of drug-likeness (QED) is 0.855. The molecule has 2 rings (SSSR count). The minimum atomic E-state index is -0.760. The van der Waals surface area contributed by atoms with Gasteiger partial charge in [-0.1, -0.05) is 24.6 Å². The van der Waals surface area contributed by atoms with Gasteiger partial charge in [0.1, 0.15) is 0 Å². The molecule has 19 heavy (non-hydrogen) atoms. The van der Waals surface area contributed by atoms with E-state index in [1.54, 1.807) is 0 Å². The molecule has 0 aliphatic rings. The second kappa shape index (κ2) is 6.08. The number of nitrogens with one attached hydrogen (secondary N) is 1. The lowest BCUT2D eigenvalue weighted by Crippen LogP contribution is -2.25. The fraction of sp³-hybridized carbons (Fsp3) is 0.357. The molecule has 0 amide bonds. The van der Waals surface area contributed by atoms with Gasteiger partial charge in [-0.3, -0.25) is 9.69 Å². The van der Waals surface area contributed by atoms with E-state index in [2.05, 4.69) is 9.88 Å². The molecule has 0 bridgehead atoms. The average molecular weight is 281 g/mol. The van der Waals surface area contributed by atoms with Crippen LogP contribution in [0.2, 0.25) is 5.02 Å². The van der Waals surface area contributed by atoms with Crippen molar-refractivity contribution in [2.75, 3.05) is 13.1 Å². The number of nitrogens with zero attached hydrogens (tertiary/aromatic N) is 1. The number of aromatic nitrogens is 1. The lowest BCUT2D eigenvalue weighted by molar-refractivity contribution is -0.137. The van der Waals surface area contributed by atoms with Crippen molar-refractivity contribution in [3.63, 3.8) is 0 Å². The van der Waals surface area contributed by atoms with Gasteiger partial charge in [0, 0.05) is 35.2 Å². The largest absolute Gasteiger partial charge is 0.481 e. The van der Waals surface area contributed by atoms with E-state index in [1.807, 2.05) is 31.3 Å². The highest BCUT2D eigenvalue weighted by molar-refractivity contribution is 6.31. The van der Waals surface area contributed by atoms with Crippen molar-refractivity contribution >= 4 is 28.5 Å². The summed E-state index contributed by atoms with van der Waals surface area (Å²) < 4.78 is 0. The standard InChI is InChI=1S/C14H17ClN2O2/c1-2-17(6-5-14(18)19)9-10-8-16-13-7-11(15)3-4-12(10)13/h3-4,7-8,16H,2,5-6,9H2,1H3,(H,18,19). The van der Waals surface area contributed by atoms with E-state index in [1.165, 1.54) is 5.56 Å². The van der Waals surface area contributed by atoms with E-state index < -0.39 is 5.97 Å². The number of aromatic amines is 1. The summed E-state index contributed by atoms with van der Waals surface area (Å²) in [4.78, 5) is 15.9. The Morgan fingerprint density at radius 2 is 2.26 bits per heavy atom. The third-order valence-electron chi connectivity index (χ3n) is 3.21. The number of hydrogen-bond acceptors (Lipinski definition) is 2. The summed E-state index contributed by atoms with van der Waals surface area (Å²) in [6, 6.07) is 5.76. The molecule has 0 aliphatic heterocycles. The SMILES string of the molecule is CCN(CCC(=O)O)Cc1c[nH]c2cc(Cl)ccc12. The zero-order valence-corrected chi connectivity index (χ0v) is 11.6. The summed E-state index contributed by atoms with van der Waals surface area (Å²) in [5, 5.41) is 10.6. The molecule has 102 valence electrons. The molecule has 0 radical (unpaired) electrons. The lowest BCUT2D eigenvalue weighted by Gasteiger charge is -2.18. The molecule has 1 aromatic carbocycles. The van der Waals surface area contributed by atoms with E-state index >= 15 is 0 Å². The highest BCUT2D eigenvalue weighted by Gasteiger charge is 2.10. The minimum absolute atomic E-state index is 0.169. The van der Waals surface area contributed by atoms with Gasteiger partial charge in [0.15, 0.2) is 0 Å². The number of benzene rings is 1. The molecule has 5 heteroatoms. The van der Waals surface area contributed by atoms with Crippen LogP contribution in [0.1, 0.15) is 18.9 Å². The van der Waals surface area contributed by atoms with Gasteiger partial charge in [-0.15, -0.1) is 0 Å². The Labute approximate surface area is 117 Å². The number of hydrogen-bond donors (Lipinski definition) is 2. The van der Waals surface area contributed by atoms with Crippen molar-refractivity contribution < 1.29 is 9.90 Å². The zero-order chi connectivity index (χ0) is 13.8. The molecule has 0 saturated carbocycles. The summed E-state index contributed by atoms with van der Waals surface area (Å²) in [6.07, 6.45) is 2.13. The highest BCUT2D eigenvalue weighted by atomic mass is 35.5. The first kappa shape index (κ1) is 13.9. The minimum Gasteiger partial charge on any atom is -0.481 e. The summed E-state index contributed by atoms with van der Waals surface area (Å²) in [5.41, 5.74) is 2.18. The predicted octanol–water partition coefficient (Wildman–Crippen LogP) is 3.12. The molecule has 0 unspecified atom stereocenters. The Morgan fingerprint density at radius 1 is 1.47 bits per heavy atom. The van der Waals surface area contributed by atoms with E-state index in [4.69, 9.17) is 16.7 Å². The summed E-state index contributed by atoms with van der Waals surface area (Å²) in [7, 11) is 0. The zero-order valence-electron chi connectivity index (χ0n) is 10.8. The fourth-order valence-corrected chi connectivity index (χ4v) is 2.31. The first-order chi connectivity index (χ1) is 9.10. The van der Waals surface area contributed by atoms with Gasteiger partial charge in [0.05, 0.1) is 6.42 Å². The molecule has 1 heterocycles. The normalized spacial score (nSPS) is 11.3. The topological polar surface area (TPSA) is 56.3 Å². The Hall–Kier alpha value is -1.52. The monoisotopic (exact) mass is 280 g/mol. The molecular formula is C14H17ClN2O2. The van der Waals surface area contributed by atoms with Crippen LogP contribution in [0.5, 0.6) is 0 Å². The molecule has 2 N–H and O–H groups in total. The van der Waals surface area contributed by atoms with Gasteiger partial charge >= 0.3 is 5.97 Å². The number of carbonyl (C=O) groups is 1. The van der Waals surface area contributed by atoms with Crippen molar-refractivity contribution in [2.45, 2.75) is 19.9 Å². The average Bonchev–Trinajstić information content (AvgIpc) is 2.76. The molecule has 0 saturated heterocycles. The van der Waals surface area contributed by atoms with Gasteiger partial charge in [-0.05, 0) is 24.2 Å². The van der Waals surface area contributed by atoms with Gasteiger partial charge in [-0.2, -0.15) is 0 Å². The maximum absolute atomic E-state index is 10.6. The van der Waals surface area contributed by atoms with Crippen LogP contribution >= 0.6 is 11.6 Å². The smallest absolute Gasteiger partial charge is 0.304 e. The second-order valence-electron chi connectivity index (χ2n) is 4.52. The Kier molecular flexibility index (Phi) is 4.45. The maximum atomic E-state index is 10.6. The second-order valence-corrected chi connectivity index (χ2v) is 4.95. The number of carboxylic acids is 1. The Bertz CT molecular complexity index is 580. The molecule has 1 aromatic heterocycles. The van der Waals surface area contributed by atoms with Gasteiger partial charge in [0.2, 0.25) is 0 Å². The van der Waals surface area contributed by atoms with Crippen LogP contribution < -0.4 is 0 Å². The van der Waals surface area contributed by atoms with Crippen molar-refractivity contribution in [3.8, 4) is 0 Å².